The van der Waals surface area contributed by atoms with E-state index in [1.165, 1.54) is 11.1 Å². The van der Waals surface area contributed by atoms with Gasteiger partial charge in [0.1, 0.15) is 0 Å². The first-order valence-electron chi connectivity index (χ1n) is 8.82. The third-order valence-corrected chi connectivity index (χ3v) is 5.04. The summed E-state index contributed by atoms with van der Waals surface area (Å²) in [7, 11) is 0. The highest BCUT2D eigenvalue weighted by Gasteiger charge is 2.25. The maximum atomic E-state index is 12.0. The lowest BCUT2D eigenvalue weighted by Gasteiger charge is -2.07. The van der Waals surface area contributed by atoms with Gasteiger partial charge in [-0.15, -0.1) is 0 Å². The lowest BCUT2D eigenvalue weighted by molar-refractivity contribution is -0.135. The molecule has 0 spiro atoms. The molecule has 0 aliphatic carbocycles. The summed E-state index contributed by atoms with van der Waals surface area (Å²) in [4.78, 5) is 0. The number of rotatable bonds is 12. The molecule has 0 heterocycles. The number of aryl methyl sites for hydroxylation is 2. The van der Waals surface area contributed by atoms with Crippen LogP contribution in [0, 0.1) is 0 Å². The molecule has 0 nitrogen and oxygen atoms in total. The van der Waals surface area contributed by atoms with E-state index < -0.39 is 12.6 Å². The molecule has 24 heavy (non-hydrogen) atoms. The van der Waals surface area contributed by atoms with Crippen LogP contribution in [0.1, 0.15) is 68.9 Å². The number of hydrogen-bond donors (Lipinski definition) is 0. The van der Waals surface area contributed by atoms with Crippen molar-refractivity contribution in [3.05, 3.63) is 34.3 Å². The third kappa shape index (κ3) is 10.6. The fourth-order valence-corrected chi connectivity index (χ4v) is 3.32. The second-order valence-electron chi connectivity index (χ2n) is 6.31. The molecule has 0 radical (unpaired) electrons. The Morgan fingerprint density at radius 3 is 2.04 bits per heavy atom. The van der Waals surface area contributed by atoms with Crippen LogP contribution < -0.4 is 0 Å². The summed E-state index contributed by atoms with van der Waals surface area (Å²) in [6, 6.07) is 6.36. The Morgan fingerprint density at radius 1 is 0.833 bits per heavy atom. The fraction of sp³-hybridized carbons (Fsp3) is 0.684. The second kappa shape index (κ2) is 12.2. The largest absolute Gasteiger partial charge is 0.389 e. The van der Waals surface area contributed by atoms with Crippen LogP contribution in [0.4, 0.5) is 13.2 Å². The van der Waals surface area contributed by atoms with Gasteiger partial charge in [0.25, 0.3) is 0 Å². The number of alkyl halides is 4. The van der Waals surface area contributed by atoms with Crippen molar-refractivity contribution in [2.24, 2.45) is 0 Å². The highest BCUT2D eigenvalue weighted by molar-refractivity contribution is 9.09. The lowest BCUT2D eigenvalue weighted by atomic mass is 10.0. The summed E-state index contributed by atoms with van der Waals surface area (Å²) >= 11 is 9.74. The SMILES string of the molecule is FC(F)(F)CCCCCCCCCc1ccc(CCCBr)c(Cl)c1. The molecule has 0 aliphatic heterocycles. The Hall–Kier alpha value is -0.220. The van der Waals surface area contributed by atoms with Crippen LogP contribution >= 0.6 is 27.5 Å². The van der Waals surface area contributed by atoms with Gasteiger partial charge in [-0.1, -0.05) is 71.8 Å². The summed E-state index contributed by atoms with van der Waals surface area (Å²) in [5.41, 5.74) is 2.48. The van der Waals surface area contributed by atoms with E-state index in [1.807, 2.05) is 0 Å². The molecule has 138 valence electrons. The first-order valence-corrected chi connectivity index (χ1v) is 10.3. The molecule has 0 aromatic heterocycles. The van der Waals surface area contributed by atoms with Crippen LogP contribution in [0.2, 0.25) is 5.02 Å². The molecule has 0 saturated carbocycles. The van der Waals surface area contributed by atoms with E-state index in [0.717, 1.165) is 61.7 Å². The summed E-state index contributed by atoms with van der Waals surface area (Å²) in [6.45, 7) is 0. The molecule has 0 aliphatic rings. The molecular weight excluding hydrogens is 401 g/mol. The first-order chi connectivity index (χ1) is 11.4. The molecule has 1 rings (SSSR count). The Morgan fingerprint density at radius 2 is 1.46 bits per heavy atom. The van der Waals surface area contributed by atoms with Crippen molar-refractivity contribution < 1.29 is 13.2 Å². The summed E-state index contributed by atoms with van der Waals surface area (Å²) in [6.07, 6.45) is 4.70. The van der Waals surface area contributed by atoms with Gasteiger partial charge >= 0.3 is 6.18 Å². The van der Waals surface area contributed by atoms with Crippen molar-refractivity contribution in [2.75, 3.05) is 5.33 Å². The van der Waals surface area contributed by atoms with Gasteiger partial charge in [-0.05, 0) is 49.3 Å². The Kier molecular flexibility index (Phi) is 11.1. The van der Waals surface area contributed by atoms with E-state index in [1.54, 1.807) is 0 Å². The van der Waals surface area contributed by atoms with Crippen LogP contribution in [0.25, 0.3) is 0 Å². The van der Waals surface area contributed by atoms with Crippen LogP contribution in [0.5, 0.6) is 0 Å². The zero-order chi connectivity index (χ0) is 17.8. The number of benzene rings is 1. The monoisotopic (exact) mass is 426 g/mol. The van der Waals surface area contributed by atoms with E-state index in [0.29, 0.717) is 6.42 Å². The van der Waals surface area contributed by atoms with E-state index in [2.05, 4.69) is 34.1 Å². The minimum absolute atomic E-state index is 0.267. The van der Waals surface area contributed by atoms with Gasteiger partial charge in [0, 0.05) is 16.8 Å². The Bertz CT molecular complexity index is 460. The predicted octanol–water partition coefficient (Wildman–Crippen LogP) is 7.89. The molecule has 0 unspecified atom stereocenters. The molecule has 0 saturated heterocycles. The second-order valence-corrected chi connectivity index (χ2v) is 7.51. The molecule has 1 aromatic carbocycles. The smallest absolute Gasteiger partial charge is 0.171 e. The number of unbranched alkanes of at least 4 members (excludes halogenated alkanes) is 6. The molecule has 5 heteroatoms. The molecule has 0 atom stereocenters. The molecule has 0 amide bonds. The Labute approximate surface area is 157 Å². The van der Waals surface area contributed by atoms with Crippen molar-refractivity contribution >= 4 is 27.5 Å². The molecule has 1 aromatic rings. The molecule has 0 fully saturated rings. The van der Waals surface area contributed by atoms with Crippen molar-refractivity contribution in [1.82, 2.24) is 0 Å². The molecule has 0 bridgehead atoms. The van der Waals surface area contributed by atoms with Gasteiger partial charge in [0.05, 0.1) is 0 Å². The first kappa shape index (κ1) is 21.8. The zero-order valence-electron chi connectivity index (χ0n) is 14.1. The predicted molar refractivity (Wildman–Crippen MR) is 100 cm³/mol. The van der Waals surface area contributed by atoms with Gasteiger partial charge < -0.3 is 0 Å². The van der Waals surface area contributed by atoms with Crippen molar-refractivity contribution in [3.63, 3.8) is 0 Å². The van der Waals surface area contributed by atoms with E-state index >= 15 is 0 Å². The summed E-state index contributed by atoms with van der Waals surface area (Å²) < 4.78 is 36.0. The lowest BCUT2D eigenvalue weighted by Crippen LogP contribution is -2.06. The van der Waals surface area contributed by atoms with Crippen LogP contribution in [0.3, 0.4) is 0 Å². The van der Waals surface area contributed by atoms with Gasteiger partial charge in [-0.3, -0.25) is 0 Å². The average Bonchev–Trinajstić information content (AvgIpc) is 2.51. The molecule has 0 N–H and O–H groups in total. The number of halogens is 5. The average molecular weight is 428 g/mol. The minimum Gasteiger partial charge on any atom is -0.171 e. The van der Waals surface area contributed by atoms with Crippen LogP contribution in [-0.4, -0.2) is 11.5 Å². The van der Waals surface area contributed by atoms with Gasteiger partial charge in [0.2, 0.25) is 0 Å². The van der Waals surface area contributed by atoms with Crippen molar-refractivity contribution in [2.45, 2.75) is 76.8 Å². The standard InChI is InChI=1S/C19H27BrClF3/c20-14-8-10-17-12-11-16(15-18(17)21)9-6-4-2-1-3-5-7-13-19(22,23)24/h11-12,15H,1-10,13-14H2. The summed E-state index contributed by atoms with van der Waals surface area (Å²) in [5.74, 6) is 0. The Balaban J connectivity index is 2.08. The van der Waals surface area contributed by atoms with Gasteiger partial charge in [-0.2, -0.15) is 13.2 Å². The maximum absolute atomic E-state index is 12.0. The zero-order valence-corrected chi connectivity index (χ0v) is 16.4. The highest BCUT2D eigenvalue weighted by atomic mass is 79.9. The van der Waals surface area contributed by atoms with Crippen molar-refractivity contribution in [3.8, 4) is 0 Å². The summed E-state index contributed by atoms with van der Waals surface area (Å²) in [5, 5.41) is 1.85. The van der Waals surface area contributed by atoms with E-state index in [-0.39, 0.29) is 6.42 Å². The third-order valence-electron chi connectivity index (χ3n) is 4.12. The molecular formula is C19H27BrClF3. The topological polar surface area (TPSA) is 0 Å². The minimum atomic E-state index is -4.00. The van der Waals surface area contributed by atoms with E-state index in [9.17, 15) is 13.2 Å². The normalized spacial score (nSPS) is 11.9. The van der Waals surface area contributed by atoms with Gasteiger partial charge in [0.15, 0.2) is 0 Å². The van der Waals surface area contributed by atoms with Gasteiger partial charge in [-0.25, -0.2) is 0 Å². The fourth-order valence-electron chi connectivity index (χ4n) is 2.74. The quantitative estimate of drug-likeness (QED) is 0.235. The van der Waals surface area contributed by atoms with E-state index in [4.69, 9.17) is 11.6 Å². The number of hydrogen-bond acceptors (Lipinski definition) is 0. The maximum Gasteiger partial charge on any atom is 0.389 e. The van der Waals surface area contributed by atoms with Crippen LogP contribution in [0.15, 0.2) is 18.2 Å². The highest BCUT2D eigenvalue weighted by Crippen LogP contribution is 2.23. The van der Waals surface area contributed by atoms with Crippen LogP contribution in [-0.2, 0) is 12.8 Å². The van der Waals surface area contributed by atoms with Crippen molar-refractivity contribution in [1.29, 1.82) is 0 Å².